The number of amides is 3. The van der Waals surface area contributed by atoms with Gasteiger partial charge in [0.2, 0.25) is 5.91 Å². The molecule has 0 saturated carbocycles. The standard InChI is InChI=1S/C22H18N4O4S/c27-19(25-21(29)23-15-7-2-1-3-8-15)14-31-22-24-18-11-5-4-10-17(18)20(28)26(22)13-16-9-6-12-30-16/h1-12H,13-14H2,(H2,23,25,27,29). The number of para-hydroxylation sites is 2. The molecule has 0 fully saturated rings. The number of hydrogen-bond acceptors (Lipinski definition) is 6. The maximum Gasteiger partial charge on any atom is 0.325 e. The van der Waals surface area contributed by atoms with Crippen LogP contribution in [-0.4, -0.2) is 27.2 Å². The molecule has 0 aliphatic rings. The van der Waals surface area contributed by atoms with Gasteiger partial charge in [-0.1, -0.05) is 42.1 Å². The van der Waals surface area contributed by atoms with Crippen molar-refractivity contribution in [3.8, 4) is 0 Å². The van der Waals surface area contributed by atoms with Crippen molar-refractivity contribution in [3.05, 3.63) is 89.1 Å². The second-order valence-electron chi connectivity index (χ2n) is 6.54. The topological polar surface area (TPSA) is 106 Å². The van der Waals surface area contributed by atoms with Gasteiger partial charge in [-0.05, 0) is 36.4 Å². The summed E-state index contributed by atoms with van der Waals surface area (Å²) in [6.45, 7) is 0.183. The van der Waals surface area contributed by atoms with Gasteiger partial charge in [-0.2, -0.15) is 0 Å². The molecule has 2 aromatic carbocycles. The molecule has 0 saturated heterocycles. The van der Waals surface area contributed by atoms with Crippen molar-refractivity contribution >= 4 is 40.3 Å². The molecule has 0 atom stereocenters. The van der Waals surface area contributed by atoms with Crippen molar-refractivity contribution in [2.75, 3.05) is 11.1 Å². The molecule has 3 amide bonds. The highest BCUT2D eigenvalue weighted by molar-refractivity contribution is 7.99. The van der Waals surface area contributed by atoms with Crippen LogP contribution in [0.25, 0.3) is 10.9 Å². The van der Waals surface area contributed by atoms with Crippen LogP contribution in [0.5, 0.6) is 0 Å². The fraction of sp³-hybridized carbons (Fsp3) is 0.0909. The Labute approximate surface area is 181 Å². The van der Waals surface area contributed by atoms with Crippen LogP contribution < -0.4 is 16.2 Å². The van der Waals surface area contributed by atoms with Crippen LogP contribution in [0.3, 0.4) is 0 Å². The minimum atomic E-state index is -0.628. The molecule has 9 heteroatoms. The van der Waals surface area contributed by atoms with Crippen LogP contribution >= 0.6 is 11.8 Å². The summed E-state index contributed by atoms with van der Waals surface area (Å²) in [5, 5.41) is 5.69. The molecule has 31 heavy (non-hydrogen) atoms. The minimum absolute atomic E-state index is 0.0921. The van der Waals surface area contributed by atoms with E-state index in [-0.39, 0.29) is 17.9 Å². The molecule has 4 rings (SSSR count). The molecule has 0 spiro atoms. The van der Waals surface area contributed by atoms with Crippen molar-refractivity contribution in [1.29, 1.82) is 0 Å². The van der Waals surface area contributed by atoms with E-state index in [0.717, 1.165) is 11.8 Å². The zero-order valence-electron chi connectivity index (χ0n) is 16.3. The number of imide groups is 1. The first-order valence-electron chi connectivity index (χ1n) is 9.41. The van der Waals surface area contributed by atoms with E-state index in [2.05, 4.69) is 15.6 Å². The van der Waals surface area contributed by atoms with E-state index in [0.29, 0.717) is 27.5 Å². The van der Waals surface area contributed by atoms with Crippen LogP contribution in [0.4, 0.5) is 10.5 Å². The van der Waals surface area contributed by atoms with Gasteiger partial charge in [-0.25, -0.2) is 9.78 Å². The quantitative estimate of drug-likeness (QED) is 0.356. The first-order chi connectivity index (χ1) is 15.1. The Morgan fingerprint density at radius 2 is 1.77 bits per heavy atom. The average Bonchev–Trinajstić information content (AvgIpc) is 3.28. The number of fused-ring (bicyclic) bond motifs is 1. The number of urea groups is 1. The molecule has 2 heterocycles. The maximum absolute atomic E-state index is 13.0. The van der Waals surface area contributed by atoms with Crippen molar-refractivity contribution in [3.63, 3.8) is 0 Å². The van der Waals surface area contributed by atoms with Crippen LogP contribution in [0.1, 0.15) is 5.76 Å². The van der Waals surface area contributed by atoms with Gasteiger partial charge < -0.3 is 9.73 Å². The maximum atomic E-state index is 13.0. The van der Waals surface area contributed by atoms with Crippen molar-refractivity contribution in [2.24, 2.45) is 0 Å². The van der Waals surface area contributed by atoms with Crippen molar-refractivity contribution in [1.82, 2.24) is 14.9 Å². The van der Waals surface area contributed by atoms with E-state index < -0.39 is 11.9 Å². The summed E-state index contributed by atoms with van der Waals surface area (Å²) in [5.41, 5.74) is 0.878. The molecular weight excluding hydrogens is 416 g/mol. The van der Waals surface area contributed by atoms with E-state index in [9.17, 15) is 14.4 Å². The minimum Gasteiger partial charge on any atom is -0.467 e. The third-order valence-corrected chi connectivity index (χ3v) is 5.31. The molecule has 0 unspecified atom stereocenters. The molecule has 0 aliphatic carbocycles. The number of carbonyl (C=O) groups excluding carboxylic acids is 2. The number of nitrogens with zero attached hydrogens (tertiary/aromatic N) is 2. The Bertz CT molecular complexity index is 1270. The van der Waals surface area contributed by atoms with Gasteiger partial charge in [0, 0.05) is 5.69 Å². The molecule has 8 nitrogen and oxygen atoms in total. The van der Waals surface area contributed by atoms with Gasteiger partial charge >= 0.3 is 6.03 Å². The zero-order valence-corrected chi connectivity index (χ0v) is 17.1. The zero-order chi connectivity index (χ0) is 21.6. The highest BCUT2D eigenvalue weighted by Crippen LogP contribution is 2.19. The number of rotatable bonds is 6. The number of benzene rings is 2. The molecule has 2 N–H and O–H groups in total. The second-order valence-corrected chi connectivity index (χ2v) is 7.48. The number of carbonyl (C=O) groups is 2. The lowest BCUT2D eigenvalue weighted by atomic mass is 10.2. The van der Waals surface area contributed by atoms with Gasteiger partial charge in [0.05, 0.1) is 29.5 Å². The Morgan fingerprint density at radius 3 is 2.55 bits per heavy atom. The number of thioether (sulfide) groups is 1. The predicted molar refractivity (Wildman–Crippen MR) is 118 cm³/mol. The fourth-order valence-electron chi connectivity index (χ4n) is 2.93. The number of furan rings is 1. The lowest BCUT2D eigenvalue weighted by Crippen LogP contribution is -2.35. The van der Waals surface area contributed by atoms with Crippen LogP contribution in [0.15, 0.2) is 87.4 Å². The first kappa shape index (κ1) is 20.4. The van der Waals surface area contributed by atoms with Gasteiger partial charge in [-0.15, -0.1) is 0 Å². The molecule has 2 aromatic heterocycles. The predicted octanol–water partition coefficient (Wildman–Crippen LogP) is 3.48. The number of nitrogens with one attached hydrogen (secondary N) is 2. The number of hydrogen-bond donors (Lipinski definition) is 2. The van der Waals surface area contributed by atoms with Gasteiger partial charge in [-0.3, -0.25) is 19.5 Å². The van der Waals surface area contributed by atoms with Crippen molar-refractivity contribution < 1.29 is 14.0 Å². The van der Waals surface area contributed by atoms with Gasteiger partial charge in [0.15, 0.2) is 5.16 Å². The molecule has 156 valence electrons. The molecule has 0 radical (unpaired) electrons. The van der Waals surface area contributed by atoms with Gasteiger partial charge in [0.1, 0.15) is 5.76 Å². The number of aromatic nitrogens is 2. The van der Waals surface area contributed by atoms with E-state index in [4.69, 9.17) is 4.42 Å². The highest BCUT2D eigenvalue weighted by Gasteiger charge is 2.15. The fourth-order valence-corrected chi connectivity index (χ4v) is 3.73. The first-order valence-corrected chi connectivity index (χ1v) is 10.4. The van der Waals surface area contributed by atoms with E-state index in [1.807, 2.05) is 6.07 Å². The Balaban J connectivity index is 1.50. The summed E-state index contributed by atoms with van der Waals surface area (Å²) in [5.74, 6) is -0.0105. The van der Waals surface area contributed by atoms with Crippen LogP contribution in [-0.2, 0) is 11.3 Å². The monoisotopic (exact) mass is 434 g/mol. The molecule has 0 aliphatic heterocycles. The summed E-state index contributed by atoms with van der Waals surface area (Å²) in [6, 6.07) is 18.7. The summed E-state index contributed by atoms with van der Waals surface area (Å²) in [4.78, 5) is 41.8. The summed E-state index contributed by atoms with van der Waals surface area (Å²) in [7, 11) is 0. The summed E-state index contributed by atoms with van der Waals surface area (Å²) >= 11 is 1.07. The van der Waals surface area contributed by atoms with E-state index in [1.54, 1.807) is 60.7 Å². The SMILES string of the molecule is O=C(CSc1nc2ccccc2c(=O)n1Cc1ccco1)NC(=O)Nc1ccccc1. The van der Waals surface area contributed by atoms with Crippen molar-refractivity contribution in [2.45, 2.75) is 11.7 Å². The lowest BCUT2D eigenvalue weighted by molar-refractivity contribution is -0.117. The lowest BCUT2D eigenvalue weighted by Gasteiger charge is -2.12. The third kappa shape index (κ3) is 5.01. The Morgan fingerprint density at radius 1 is 1.00 bits per heavy atom. The normalized spacial score (nSPS) is 10.7. The summed E-state index contributed by atoms with van der Waals surface area (Å²) < 4.78 is 6.83. The third-order valence-electron chi connectivity index (χ3n) is 4.34. The second kappa shape index (κ2) is 9.31. The molecule has 4 aromatic rings. The van der Waals surface area contributed by atoms with Gasteiger partial charge in [0.25, 0.3) is 5.56 Å². The average molecular weight is 434 g/mol. The Kier molecular flexibility index (Phi) is 6.13. The summed E-state index contributed by atoms with van der Waals surface area (Å²) in [6.07, 6.45) is 1.53. The van der Waals surface area contributed by atoms with Crippen LogP contribution in [0, 0.1) is 0 Å². The highest BCUT2D eigenvalue weighted by atomic mass is 32.2. The van der Waals surface area contributed by atoms with E-state index in [1.165, 1.54) is 10.8 Å². The molecule has 0 bridgehead atoms. The van der Waals surface area contributed by atoms with Crippen LogP contribution in [0.2, 0.25) is 0 Å². The smallest absolute Gasteiger partial charge is 0.325 e. The molecular formula is C22H18N4O4S. The Hall–Kier alpha value is -3.85. The number of anilines is 1. The largest absolute Gasteiger partial charge is 0.467 e. The van der Waals surface area contributed by atoms with E-state index >= 15 is 0 Å².